The molecule has 0 aromatic heterocycles. The molecule has 1 atom stereocenters. The van der Waals surface area contributed by atoms with Gasteiger partial charge in [-0.2, -0.15) is 0 Å². The SMILES string of the molecule is CCCCCCCCCCCCCCC=CCC(C)(N)N1C=NCC1. The summed E-state index contributed by atoms with van der Waals surface area (Å²) in [4.78, 5) is 6.40. The van der Waals surface area contributed by atoms with Gasteiger partial charge in [-0.05, 0) is 19.8 Å². The molecule has 0 aromatic rings. The monoisotopic (exact) mass is 349 g/mol. The van der Waals surface area contributed by atoms with Gasteiger partial charge in [0.25, 0.3) is 0 Å². The third kappa shape index (κ3) is 11.4. The molecule has 0 aliphatic carbocycles. The first-order valence-electron chi connectivity index (χ1n) is 10.9. The Bertz CT molecular complexity index is 360. The quantitative estimate of drug-likeness (QED) is 0.272. The zero-order chi connectivity index (χ0) is 18.2. The van der Waals surface area contributed by atoms with E-state index in [1.165, 1.54) is 83.5 Å². The summed E-state index contributed by atoms with van der Waals surface area (Å²) in [6.45, 7) is 6.22. The number of hydrogen-bond donors (Lipinski definition) is 1. The lowest BCUT2D eigenvalue weighted by atomic mass is 10.0. The van der Waals surface area contributed by atoms with Crippen LogP contribution in [0.4, 0.5) is 0 Å². The largest absolute Gasteiger partial charge is 0.343 e. The van der Waals surface area contributed by atoms with Crippen LogP contribution in [0.5, 0.6) is 0 Å². The van der Waals surface area contributed by atoms with Crippen LogP contribution in [0.1, 0.15) is 104 Å². The predicted molar refractivity (Wildman–Crippen MR) is 112 cm³/mol. The highest BCUT2D eigenvalue weighted by Crippen LogP contribution is 2.15. The average Bonchev–Trinajstić information content (AvgIpc) is 3.14. The summed E-state index contributed by atoms with van der Waals surface area (Å²) in [7, 11) is 0. The molecule has 1 rings (SSSR count). The highest BCUT2D eigenvalue weighted by molar-refractivity contribution is 5.58. The van der Waals surface area contributed by atoms with Crippen molar-refractivity contribution >= 4 is 6.34 Å². The van der Waals surface area contributed by atoms with Gasteiger partial charge >= 0.3 is 0 Å². The molecule has 3 nitrogen and oxygen atoms in total. The summed E-state index contributed by atoms with van der Waals surface area (Å²) >= 11 is 0. The maximum absolute atomic E-state index is 6.36. The van der Waals surface area contributed by atoms with E-state index in [9.17, 15) is 0 Å². The fourth-order valence-electron chi connectivity index (χ4n) is 3.43. The van der Waals surface area contributed by atoms with Crippen molar-refractivity contribution in [1.29, 1.82) is 0 Å². The molecule has 2 N–H and O–H groups in total. The molecule has 0 saturated heterocycles. The van der Waals surface area contributed by atoms with E-state index in [4.69, 9.17) is 5.73 Å². The fourth-order valence-corrected chi connectivity index (χ4v) is 3.43. The Hall–Kier alpha value is -0.830. The number of rotatable bonds is 16. The molecule has 0 radical (unpaired) electrons. The molecular weight excluding hydrogens is 306 g/mol. The first-order valence-corrected chi connectivity index (χ1v) is 10.9. The Kier molecular flexibility index (Phi) is 12.8. The van der Waals surface area contributed by atoms with E-state index in [1.807, 2.05) is 6.34 Å². The van der Waals surface area contributed by atoms with Crippen LogP contribution >= 0.6 is 0 Å². The molecule has 0 fully saturated rings. The van der Waals surface area contributed by atoms with Crippen LogP contribution in [0, 0.1) is 0 Å². The Morgan fingerprint density at radius 1 is 0.920 bits per heavy atom. The molecule has 3 heteroatoms. The highest BCUT2D eigenvalue weighted by Gasteiger charge is 2.25. The third-order valence-electron chi connectivity index (χ3n) is 5.27. The lowest BCUT2D eigenvalue weighted by Crippen LogP contribution is -2.51. The van der Waals surface area contributed by atoms with Gasteiger partial charge in [-0.25, -0.2) is 0 Å². The van der Waals surface area contributed by atoms with Crippen molar-refractivity contribution in [3.8, 4) is 0 Å². The van der Waals surface area contributed by atoms with Gasteiger partial charge in [-0.15, -0.1) is 0 Å². The maximum atomic E-state index is 6.36. The Labute approximate surface area is 157 Å². The molecular formula is C22H43N3. The van der Waals surface area contributed by atoms with E-state index in [1.54, 1.807) is 0 Å². The van der Waals surface area contributed by atoms with E-state index in [0.717, 1.165) is 19.5 Å². The molecule has 0 saturated carbocycles. The van der Waals surface area contributed by atoms with Gasteiger partial charge in [0.1, 0.15) is 0 Å². The molecule has 1 aliphatic heterocycles. The lowest BCUT2D eigenvalue weighted by molar-refractivity contribution is 0.225. The summed E-state index contributed by atoms with van der Waals surface area (Å²) < 4.78 is 0. The van der Waals surface area contributed by atoms with Gasteiger partial charge in [0, 0.05) is 13.0 Å². The normalized spacial score (nSPS) is 16.8. The maximum Gasteiger partial charge on any atom is 0.0898 e. The zero-order valence-corrected chi connectivity index (χ0v) is 17.0. The first kappa shape index (κ1) is 22.2. The summed E-state index contributed by atoms with van der Waals surface area (Å²) in [6, 6.07) is 0. The van der Waals surface area contributed by atoms with E-state index in [2.05, 4.69) is 35.9 Å². The zero-order valence-electron chi connectivity index (χ0n) is 17.0. The minimum atomic E-state index is -0.285. The van der Waals surface area contributed by atoms with Crippen molar-refractivity contribution in [2.45, 2.75) is 109 Å². The Morgan fingerprint density at radius 2 is 1.48 bits per heavy atom. The van der Waals surface area contributed by atoms with Crippen molar-refractivity contribution in [3.63, 3.8) is 0 Å². The number of unbranched alkanes of at least 4 members (excludes halogenated alkanes) is 12. The van der Waals surface area contributed by atoms with Crippen LogP contribution in [0.25, 0.3) is 0 Å². The average molecular weight is 350 g/mol. The smallest absolute Gasteiger partial charge is 0.0898 e. The number of nitrogens with two attached hydrogens (primary N) is 1. The topological polar surface area (TPSA) is 41.6 Å². The van der Waals surface area contributed by atoms with Crippen LogP contribution in [0.15, 0.2) is 17.1 Å². The predicted octanol–water partition coefficient (Wildman–Crippen LogP) is 6.04. The Balaban J connectivity index is 1.84. The lowest BCUT2D eigenvalue weighted by Gasteiger charge is -2.33. The summed E-state index contributed by atoms with van der Waals surface area (Å²) in [5.74, 6) is 0. The van der Waals surface area contributed by atoms with Crippen LogP contribution in [0.2, 0.25) is 0 Å². The van der Waals surface area contributed by atoms with Gasteiger partial charge < -0.3 is 10.6 Å². The van der Waals surface area contributed by atoms with Crippen LogP contribution < -0.4 is 5.73 Å². The molecule has 25 heavy (non-hydrogen) atoms. The van der Waals surface area contributed by atoms with Gasteiger partial charge in [0.05, 0.1) is 18.5 Å². The van der Waals surface area contributed by atoms with Crippen molar-refractivity contribution in [2.75, 3.05) is 13.1 Å². The molecule has 1 aliphatic rings. The number of aliphatic imine (C=N–C) groups is 1. The van der Waals surface area contributed by atoms with E-state index < -0.39 is 0 Å². The van der Waals surface area contributed by atoms with Gasteiger partial charge in [0.15, 0.2) is 0 Å². The van der Waals surface area contributed by atoms with Crippen molar-refractivity contribution in [2.24, 2.45) is 10.7 Å². The fraction of sp³-hybridized carbons (Fsp3) is 0.864. The third-order valence-corrected chi connectivity index (χ3v) is 5.27. The minimum Gasteiger partial charge on any atom is -0.343 e. The van der Waals surface area contributed by atoms with Gasteiger partial charge in [-0.3, -0.25) is 4.99 Å². The molecule has 0 bridgehead atoms. The molecule has 146 valence electrons. The number of nitrogens with zero attached hydrogens (tertiary/aromatic N) is 2. The standard InChI is InChI=1S/C22H43N3/c1-3-4-5-6-7-8-9-10-11-12-13-14-15-16-17-18-22(2,23)25-20-19-24-21-25/h16-17,21H,3-15,18-20,23H2,1-2H3. The van der Waals surface area contributed by atoms with Crippen molar-refractivity contribution in [3.05, 3.63) is 12.2 Å². The number of allylic oxidation sites excluding steroid dienone is 1. The molecule has 0 aromatic carbocycles. The molecule has 0 amide bonds. The molecule has 1 unspecified atom stereocenters. The summed E-state index contributed by atoms with van der Waals surface area (Å²) in [5.41, 5.74) is 6.08. The first-order chi connectivity index (χ1) is 12.2. The second-order valence-electron chi connectivity index (χ2n) is 7.93. The minimum absolute atomic E-state index is 0.285. The second-order valence-corrected chi connectivity index (χ2v) is 7.93. The van der Waals surface area contributed by atoms with E-state index >= 15 is 0 Å². The van der Waals surface area contributed by atoms with Crippen molar-refractivity contribution in [1.82, 2.24) is 4.90 Å². The van der Waals surface area contributed by atoms with Gasteiger partial charge in [-0.1, -0.05) is 89.7 Å². The molecule has 1 heterocycles. The van der Waals surface area contributed by atoms with Crippen LogP contribution in [-0.2, 0) is 0 Å². The van der Waals surface area contributed by atoms with Crippen LogP contribution in [0.3, 0.4) is 0 Å². The summed E-state index contributed by atoms with van der Waals surface area (Å²) in [5, 5.41) is 0. The van der Waals surface area contributed by atoms with Crippen LogP contribution in [-0.4, -0.2) is 30.0 Å². The molecule has 0 spiro atoms. The highest BCUT2D eigenvalue weighted by atomic mass is 15.3. The van der Waals surface area contributed by atoms with Gasteiger partial charge in [0.2, 0.25) is 0 Å². The summed E-state index contributed by atoms with van der Waals surface area (Å²) in [6.07, 6.45) is 25.5. The van der Waals surface area contributed by atoms with E-state index in [-0.39, 0.29) is 5.66 Å². The number of hydrogen-bond acceptors (Lipinski definition) is 3. The van der Waals surface area contributed by atoms with Crippen molar-refractivity contribution < 1.29 is 0 Å². The second kappa shape index (κ2) is 14.4. The van der Waals surface area contributed by atoms with E-state index in [0.29, 0.717) is 0 Å². The Morgan fingerprint density at radius 3 is 2.00 bits per heavy atom.